The standard InChI is InChI=1S/C14H8Cl4O/c15-10-4-8(1-2-19)3-9(5-10)14-12(17)6-11(16)7-13(14)18/h2-7H,1H2. The molecule has 2 rings (SSSR count). The van der Waals surface area contributed by atoms with Crippen LogP contribution in [0.25, 0.3) is 11.1 Å². The van der Waals surface area contributed by atoms with Crippen molar-refractivity contribution in [3.8, 4) is 11.1 Å². The van der Waals surface area contributed by atoms with E-state index in [0.717, 1.165) is 17.4 Å². The number of aldehydes is 1. The molecule has 1 nitrogen and oxygen atoms in total. The van der Waals surface area contributed by atoms with E-state index >= 15 is 0 Å². The van der Waals surface area contributed by atoms with Gasteiger partial charge in [0.15, 0.2) is 0 Å². The minimum absolute atomic E-state index is 0.288. The first-order chi connectivity index (χ1) is 9.01. The molecule has 0 fully saturated rings. The van der Waals surface area contributed by atoms with Crippen molar-refractivity contribution in [2.24, 2.45) is 0 Å². The molecule has 0 saturated heterocycles. The summed E-state index contributed by atoms with van der Waals surface area (Å²) < 4.78 is 0. The molecule has 2 aromatic rings. The molecule has 98 valence electrons. The summed E-state index contributed by atoms with van der Waals surface area (Å²) in [7, 11) is 0. The van der Waals surface area contributed by atoms with Crippen LogP contribution in [0.3, 0.4) is 0 Å². The monoisotopic (exact) mass is 332 g/mol. The van der Waals surface area contributed by atoms with E-state index in [9.17, 15) is 4.79 Å². The van der Waals surface area contributed by atoms with E-state index in [0.29, 0.717) is 25.7 Å². The molecule has 2 aromatic carbocycles. The zero-order valence-electron chi connectivity index (χ0n) is 9.59. The van der Waals surface area contributed by atoms with Crippen molar-refractivity contribution >= 4 is 52.7 Å². The third-order valence-electron chi connectivity index (χ3n) is 2.57. The Balaban J connectivity index is 2.61. The molecule has 0 amide bonds. The number of hydrogen-bond acceptors (Lipinski definition) is 1. The molecule has 0 aliphatic carbocycles. The number of hydrogen-bond donors (Lipinski definition) is 0. The summed E-state index contributed by atoms with van der Waals surface area (Å²) in [6, 6.07) is 8.55. The Morgan fingerprint density at radius 1 is 0.842 bits per heavy atom. The quantitative estimate of drug-likeness (QED) is 0.657. The Morgan fingerprint density at radius 3 is 2.00 bits per heavy atom. The molecule has 0 aliphatic heterocycles. The molecule has 0 radical (unpaired) electrons. The molecule has 0 bridgehead atoms. The third kappa shape index (κ3) is 3.43. The molecule has 0 aromatic heterocycles. The van der Waals surface area contributed by atoms with Gasteiger partial charge in [-0.2, -0.15) is 0 Å². The average Bonchev–Trinajstić information content (AvgIpc) is 2.26. The van der Waals surface area contributed by atoms with Crippen molar-refractivity contribution in [1.29, 1.82) is 0 Å². The molecule has 0 N–H and O–H groups in total. The van der Waals surface area contributed by atoms with E-state index in [-0.39, 0.29) is 6.42 Å². The first-order valence-corrected chi connectivity index (χ1v) is 6.90. The predicted molar refractivity (Wildman–Crippen MR) is 81.7 cm³/mol. The van der Waals surface area contributed by atoms with Gasteiger partial charge in [0.25, 0.3) is 0 Å². The highest BCUT2D eigenvalue weighted by Crippen LogP contribution is 2.38. The first kappa shape index (κ1) is 14.7. The number of halogens is 4. The molecule has 5 heteroatoms. The van der Waals surface area contributed by atoms with Gasteiger partial charge in [0, 0.05) is 22.0 Å². The van der Waals surface area contributed by atoms with E-state index in [1.807, 2.05) is 6.07 Å². The topological polar surface area (TPSA) is 17.1 Å². The maximum absolute atomic E-state index is 10.6. The van der Waals surface area contributed by atoms with Gasteiger partial charge in [-0.15, -0.1) is 0 Å². The minimum atomic E-state index is 0.288. The van der Waals surface area contributed by atoms with Crippen LogP contribution in [0.2, 0.25) is 20.1 Å². The third-order valence-corrected chi connectivity index (χ3v) is 3.60. The van der Waals surface area contributed by atoms with Crippen LogP contribution in [0.1, 0.15) is 5.56 Å². The molecule has 0 unspecified atom stereocenters. The lowest BCUT2D eigenvalue weighted by molar-refractivity contribution is -0.107. The van der Waals surface area contributed by atoms with Crippen LogP contribution < -0.4 is 0 Å². The van der Waals surface area contributed by atoms with Crippen LogP contribution in [0, 0.1) is 0 Å². The highest BCUT2D eigenvalue weighted by Gasteiger charge is 2.11. The summed E-state index contributed by atoms with van der Waals surface area (Å²) in [6.07, 6.45) is 1.11. The van der Waals surface area contributed by atoms with Crippen LogP contribution in [0.4, 0.5) is 0 Å². The van der Waals surface area contributed by atoms with Crippen LogP contribution in [0.15, 0.2) is 30.3 Å². The summed E-state index contributed by atoms with van der Waals surface area (Å²) in [5.41, 5.74) is 2.22. The Labute approximate surface area is 131 Å². The van der Waals surface area contributed by atoms with E-state index in [1.54, 1.807) is 24.3 Å². The van der Waals surface area contributed by atoms with Gasteiger partial charge in [0.1, 0.15) is 6.29 Å². The number of benzene rings is 2. The molecule has 19 heavy (non-hydrogen) atoms. The summed E-state index contributed by atoms with van der Waals surface area (Å²) in [5.74, 6) is 0. The lowest BCUT2D eigenvalue weighted by atomic mass is 10.0. The molecular weight excluding hydrogens is 326 g/mol. The van der Waals surface area contributed by atoms with Gasteiger partial charge in [-0.25, -0.2) is 0 Å². The van der Waals surface area contributed by atoms with E-state index in [1.165, 1.54) is 0 Å². The molecule has 0 atom stereocenters. The fourth-order valence-electron chi connectivity index (χ4n) is 1.83. The van der Waals surface area contributed by atoms with Gasteiger partial charge in [-0.1, -0.05) is 52.5 Å². The van der Waals surface area contributed by atoms with Crippen LogP contribution in [0.5, 0.6) is 0 Å². The lowest BCUT2D eigenvalue weighted by Crippen LogP contribution is -1.89. The zero-order valence-corrected chi connectivity index (χ0v) is 12.6. The average molecular weight is 334 g/mol. The Hall–Kier alpha value is -0.730. The van der Waals surface area contributed by atoms with Crippen molar-refractivity contribution in [2.45, 2.75) is 6.42 Å². The summed E-state index contributed by atoms with van der Waals surface area (Å²) >= 11 is 24.3. The molecule has 0 saturated carbocycles. The normalized spacial score (nSPS) is 10.5. The van der Waals surface area contributed by atoms with E-state index < -0.39 is 0 Å². The van der Waals surface area contributed by atoms with Crippen LogP contribution in [-0.2, 0) is 11.2 Å². The smallest absolute Gasteiger partial charge is 0.124 e. The second kappa shape index (κ2) is 6.15. The molecule has 0 heterocycles. The van der Waals surface area contributed by atoms with E-state index in [2.05, 4.69) is 0 Å². The summed E-state index contributed by atoms with van der Waals surface area (Å²) in [5, 5.41) is 1.87. The van der Waals surface area contributed by atoms with Crippen molar-refractivity contribution in [1.82, 2.24) is 0 Å². The fraction of sp³-hybridized carbons (Fsp3) is 0.0714. The van der Waals surface area contributed by atoms with Gasteiger partial charge in [0.2, 0.25) is 0 Å². The number of carbonyl (C=O) groups excluding carboxylic acids is 1. The molecular formula is C14H8Cl4O. The van der Waals surface area contributed by atoms with Gasteiger partial charge >= 0.3 is 0 Å². The fourth-order valence-corrected chi connectivity index (χ4v) is 3.12. The van der Waals surface area contributed by atoms with Gasteiger partial charge in [0.05, 0.1) is 10.0 Å². The van der Waals surface area contributed by atoms with Crippen LogP contribution in [-0.4, -0.2) is 6.29 Å². The SMILES string of the molecule is O=CCc1cc(Cl)cc(-c2c(Cl)cc(Cl)cc2Cl)c1. The Morgan fingerprint density at radius 2 is 1.42 bits per heavy atom. The van der Waals surface area contributed by atoms with Gasteiger partial charge in [-0.05, 0) is 35.4 Å². The maximum atomic E-state index is 10.6. The largest absolute Gasteiger partial charge is 0.303 e. The lowest BCUT2D eigenvalue weighted by Gasteiger charge is -2.10. The van der Waals surface area contributed by atoms with Crippen molar-refractivity contribution in [2.75, 3.05) is 0 Å². The van der Waals surface area contributed by atoms with Gasteiger partial charge in [-0.3, -0.25) is 0 Å². The molecule has 0 spiro atoms. The van der Waals surface area contributed by atoms with Crippen molar-refractivity contribution in [3.63, 3.8) is 0 Å². The Bertz CT molecular complexity index is 614. The van der Waals surface area contributed by atoms with Crippen molar-refractivity contribution in [3.05, 3.63) is 56.0 Å². The number of rotatable bonds is 3. The highest BCUT2D eigenvalue weighted by molar-refractivity contribution is 6.42. The maximum Gasteiger partial charge on any atom is 0.124 e. The second-order valence-electron chi connectivity index (χ2n) is 3.96. The second-order valence-corrected chi connectivity index (χ2v) is 5.65. The van der Waals surface area contributed by atoms with Gasteiger partial charge < -0.3 is 4.79 Å². The highest BCUT2D eigenvalue weighted by atomic mass is 35.5. The van der Waals surface area contributed by atoms with Crippen LogP contribution >= 0.6 is 46.4 Å². The summed E-state index contributed by atoms with van der Waals surface area (Å²) in [6.45, 7) is 0. The van der Waals surface area contributed by atoms with E-state index in [4.69, 9.17) is 46.4 Å². The molecule has 0 aliphatic rings. The summed E-state index contributed by atoms with van der Waals surface area (Å²) in [4.78, 5) is 10.6. The predicted octanol–water partition coefficient (Wildman–Crippen LogP) is 5.71. The van der Waals surface area contributed by atoms with Crippen molar-refractivity contribution < 1.29 is 4.79 Å². The first-order valence-electron chi connectivity index (χ1n) is 5.39. The number of carbonyl (C=O) groups is 1. The zero-order chi connectivity index (χ0) is 14.0. The minimum Gasteiger partial charge on any atom is -0.303 e. The Kier molecular flexibility index (Phi) is 4.75.